The first-order chi connectivity index (χ1) is 8.05. The van der Waals surface area contributed by atoms with Crippen LogP contribution in [0.2, 0.25) is 0 Å². The summed E-state index contributed by atoms with van der Waals surface area (Å²) < 4.78 is 10.5. The van der Waals surface area contributed by atoms with Crippen LogP contribution in [0, 0.1) is 5.92 Å². The summed E-state index contributed by atoms with van der Waals surface area (Å²) in [6, 6.07) is 6.28. The molecule has 0 amide bonds. The molecule has 17 heavy (non-hydrogen) atoms. The number of ether oxygens (including phenoxy) is 2. The van der Waals surface area contributed by atoms with Crippen molar-refractivity contribution in [3.63, 3.8) is 0 Å². The predicted octanol–water partition coefficient (Wildman–Crippen LogP) is 3.55. The second-order valence-electron chi connectivity index (χ2n) is 4.78. The van der Waals surface area contributed by atoms with Crippen molar-refractivity contribution in [3.8, 4) is 11.5 Å². The van der Waals surface area contributed by atoms with E-state index in [9.17, 15) is 0 Å². The van der Waals surface area contributed by atoms with Gasteiger partial charge in [0, 0.05) is 29.9 Å². The van der Waals surface area contributed by atoms with E-state index in [0.717, 1.165) is 23.6 Å². The maximum Gasteiger partial charge on any atom is 0.124 e. The summed E-state index contributed by atoms with van der Waals surface area (Å²) in [4.78, 5) is 0. The van der Waals surface area contributed by atoms with E-state index in [1.165, 1.54) is 0 Å². The van der Waals surface area contributed by atoms with E-state index < -0.39 is 0 Å². The third-order valence-electron chi connectivity index (χ3n) is 2.59. The van der Waals surface area contributed by atoms with Crippen LogP contribution < -0.4 is 14.8 Å². The molecule has 0 aromatic heterocycles. The third kappa shape index (κ3) is 4.55. The molecule has 0 aliphatic carbocycles. The molecule has 1 unspecified atom stereocenters. The first kappa shape index (κ1) is 13.7. The fourth-order valence-corrected chi connectivity index (χ4v) is 1.94. The minimum atomic E-state index is 0.437. The van der Waals surface area contributed by atoms with Gasteiger partial charge in [0.05, 0.1) is 14.2 Å². The highest BCUT2D eigenvalue weighted by molar-refractivity contribution is 5.54. The largest absolute Gasteiger partial charge is 0.497 e. The lowest BCUT2D eigenvalue weighted by atomic mass is 10.1. The zero-order valence-corrected chi connectivity index (χ0v) is 11.4. The molecule has 1 N–H and O–H groups in total. The standard InChI is InChI=1S/C14H23NO2/c1-10(2)6-11(3)15-12-7-13(16-4)9-14(8-12)17-5/h7-11,15H,6H2,1-5H3. The topological polar surface area (TPSA) is 30.5 Å². The molecule has 0 heterocycles. The molecule has 3 heteroatoms. The van der Waals surface area contributed by atoms with Gasteiger partial charge in [-0.25, -0.2) is 0 Å². The highest BCUT2D eigenvalue weighted by Crippen LogP contribution is 2.26. The number of benzene rings is 1. The molecular weight excluding hydrogens is 214 g/mol. The van der Waals surface area contributed by atoms with Crippen LogP contribution in [0.3, 0.4) is 0 Å². The lowest BCUT2D eigenvalue weighted by Gasteiger charge is -2.18. The zero-order chi connectivity index (χ0) is 12.8. The van der Waals surface area contributed by atoms with Gasteiger partial charge >= 0.3 is 0 Å². The third-order valence-corrected chi connectivity index (χ3v) is 2.59. The Morgan fingerprint density at radius 3 is 1.94 bits per heavy atom. The molecule has 1 rings (SSSR count). The van der Waals surface area contributed by atoms with Gasteiger partial charge in [0.2, 0.25) is 0 Å². The second-order valence-corrected chi connectivity index (χ2v) is 4.78. The van der Waals surface area contributed by atoms with Crippen molar-refractivity contribution < 1.29 is 9.47 Å². The van der Waals surface area contributed by atoms with Crippen molar-refractivity contribution in [1.29, 1.82) is 0 Å². The number of rotatable bonds is 6. The summed E-state index contributed by atoms with van der Waals surface area (Å²) in [7, 11) is 3.33. The van der Waals surface area contributed by atoms with Crippen molar-refractivity contribution in [3.05, 3.63) is 18.2 Å². The van der Waals surface area contributed by atoms with E-state index in [1.54, 1.807) is 14.2 Å². The first-order valence-electron chi connectivity index (χ1n) is 6.04. The number of anilines is 1. The Kier molecular flexibility index (Phi) is 5.13. The van der Waals surface area contributed by atoms with Gasteiger partial charge in [-0.1, -0.05) is 13.8 Å². The number of hydrogen-bond acceptors (Lipinski definition) is 3. The minimum Gasteiger partial charge on any atom is -0.497 e. The molecule has 1 atom stereocenters. The van der Waals surface area contributed by atoms with Crippen molar-refractivity contribution in [2.24, 2.45) is 5.92 Å². The average molecular weight is 237 g/mol. The summed E-state index contributed by atoms with van der Waals surface area (Å²) in [6.45, 7) is 6.64. The van der Waals surface area contributed by atoms with Crippen LogP contribution >= 0.6 is 0 Å². The summed E-state index contributed by atoms with van der Waals surface area (Å²) >= 11 is 0. The maximum atomic E-state index is 5.24. The van der Waals surface area contributed by atoms with Gasteiger partial charge in [0.15, 0.2) is 0 Å². The monoisotopic (exact) mass is 237 g/mol. The van der Waals surface area contributed by atoms with Crippen LogP contribution in [0.4, 0.5) is 5.69 Å². The summed E-state index contributed by atoms with van der Waals surface area (Å²) in [5.74, 6) is 2.30. The van der Waals surface area contributed by atoms with Gasteiger partial charge in [-0.15, -0.1) is 0 Å². The van der Waals surface area contributed by atoms with Crippen molar-refractivity contribution in [1.82, 2.24) is 0 Å². The highest BCUT2D eigenvalue weighted by atomic mass is 16.5. The molecule has 3 nitrogen and oxygen atoms in total. The predicted molar refractivity (Wildman–Crippen MR) is 72.1 cm³/mol. The molecule has 1 aromatic rings. The maximum absolute atomic E-state index is 5.24. The first-order valence-corrected chi connectivity index (χ1v) is 6.04. The van der Waals surface area contributed by atoms with Gasteiger partial charge < -0.3 is 14.8 Å². The SMILES string of the molecule is COc1cc(NC(C)CC(C)C)cc(OC)c1. The van der Waals surface area contributed by atoms with E-state index in [0.29, 0.717) is 12.0 Å². The molecule has 0 spiro atoms. The van der Waals surface area contributed by atoms with Gasteiger partial charge in [-0.3, -0.25) is 0 Å². The van der Waals surface area contributed by atoms with Crippen molar-refractivity contribution in [2.45, 2.75) is 33.2 Å². The molecule has 1 aromatic carbocycles. The van der Waals surface area contributed by atoms with E-state index in [2.05, 4.69) is 26.1 Å². The quantitative estimate of drug-likeness (QED) is 0.820. The molecule has 0 aliphatic heterocycles. The van der Waals surface area contributed by atoms with Crippen LogP contribution in [0.25, 0.3) is 0 Å². The van der Waals surface area contributed by atoms with Gasteiger partial charge in [0.1, 0.15) is 11.5 Å². The number of hydrogen-bond donors (Lipinski definition) is 1. The fraction of sp³-hybridized carbons (Fsp3) is 0.571. The van der Waals surface area contributed by atoms with Gasteiger partial charge in [-0.05, 0) is 19.3 Å². The molecule has 96 valence electrons. The lowest BCUT2D eigenvalue weighted by molar-refractivity contribution is 0.394. The highest BCUT2D eigenvalue weighted by Gasteiger charge is 2.07. The summed E-state index contributed by atoms with van der Waals surface area (Å²) in [5, 5.41) is 3.46. The molecule has 0 saturated carbocycles. The van der Waals surface area contributed by atoms with E-state index in [-0.39, 0.29) is 0 Å². The lowest BCUT2D eigenvalue weighted by Crippen LogP contribution is -2.17. The molecule has 0 fully saturated rings. The van der Waals surface area contributed by atoms with Crippen LogP contribution in [0.1, 0.15) is 27.2 Å². The van der Waals surface area contributed by atoms with Crippen LogP contribution in [-0.4, -0.2) is 20.3 Å². The zero-order valence-electron chi connectivity index (χ0n) is 11.4. The van der Waals surface area contributed by atoms with E-state index >= 15 is 0 Å². The van der Waals surface area contributed by atoms with Crippen molar-refractivity contribution >= 4 is 5.69 Å². The van der Waals surface area contributed by atoms with Crippen molar-refractivity contribution in [2.75, 3.05) is 19.5 Å². The van der Waals surface area contributed by atoms with Crippen LogP contribution in [0.15, 0.2) is 18.2 Å². The molecule has 0 bridgehead atoms. The number of methoxy groups -OCH3 is 2. The summed E-state index contributed by atoms with van der Waals surface area (Å²) in [6.07, 6.45) is 1.14. The smallest absolute Gasteiger partial charge is 0.124 e. The fourth-order valence-electron chi connectivity index (χ4n) is 1.94. The normalized spacial score (nSPS) is 12.4. The van der Waals surface area contributed by atoms with Gasteiger partial charge in [-0.2, -0.15) is 0 Å². The average Bonchev–Trinajstić information content (AvgIpc) is 2.27. The Bertz CT molecular complexity index is 328. The molecular formula is C14H23NO2. The molecule has 0 aliphatic rings. The van der Waals surface area contributed by atoms with Gasteiger partial charge in [0.25, 0.3) is 0 Å². The minimum absolute atomic E-state index is 0.437. The summed E-state index contributed by atoms with van der Waals surface area (Å²) in [5.41, 5.74) is 1.04. The van der Waals surface area contributed by atoms with Crippen LogP contribution in [-0.2, 0) is 0 Å². The Morgan fingerprint density at radius 2 is 1.53 bits per heavy atom. The Balaban J connectivity index is 2.75. The van der Waals surface area contributed by atoms with E-state index in [1.807, 2.05) is 18.2 Å². The second kappa shape index (κ2) is 6.38. The number of nitrogens with one attached hydrogen (secondary N) is 1. The Morgan fingerprint density at radius 1 is 1.00 bits per heavy atom. The molecule has 0 radical (unpaired) electrons. The van der Waals surface area contributed by atoms with E-state index in [4.69, 9.17) is 9.47 Å². The van der Waals surface area contributed by atoms with Crippen LogP contribution in [0.5, 0.6) is 11.5 Å². The molecule has 0 saturated heterocycles. The Hall–Kier alpha value is -1.38. The Labute approximate surface area is 104 Å².